The Hall–Kier alpha value is -1.45. The van der Waals surface area contributed by atoms with Crippen molar-refractivity contribution in [3.8, 4) is 0 Å². The van der Waals surface area contributed by atoms with Crippen LogP contribution >= 0.6 is 11.3 Å². The van der Waals surface area contributed by atoms with Gasteiger partial charge in [0.25, 0.3) is 0 Å². The van der Waals surface area contributed by atoms with Crippen LogP contribution in [-0.2, 0) is 6.54 Å². The molecule has 0 aliphatic carbocycles. The minimum atomic E-state index is 0. The molecule has 3 heteroatoms. The first-order chi connectivity index (χ1) is 9.43. The SMILES string of the molecule is [Br-].c1ccc(C(C[n+]2ccsc2)c2ccccc2)cc1. The molecule has 0 aliphatic heterocycles. The summed E-state index contributed by atoms with van der Waals surface area (Å²) in [5.74, 6) is 0.405. The van der Waals surface area contributed by atoms with Crippen LogP contribution in [0.1, 0.15) is 17.0 Å². The number of aromatic nitrogens is 1. The number of hydrogen-bond donors (Lipinski definition) is 0. The largest absolute Gasteiger partial charge is 1.00 e. The molecule has 0 radical (unpaired) electrons. The highest BCUT2D eigenvalue weighted by Crippen LogP contribution is 2.24. The molecule has 0 saturated heterocycles. The van der Waals surface area contributed by atoms with Crippen molar-refractivity contribution < 1.29 is 21.5 Å². The Balaban J connectivity index is 0.00000147. The summed E-state index contributed by atoms with van der Waals surface area (Å²) in [6.07, 6.45) is 2.14. The van der Waals surface area contributed by atoms with Gasteiger partial charge in [-0.15, -0.1) is 0 Å². The van der Waals surface area contributed by atoms with Crippen molar-refractivity contribution >= 4 is 11.3 Å². The molecule has 1 aromatic heterocycles. The second kappa shape index (κ2) is 7.36. The number of rotatable bonds is 4. The molecule has 20 heavy (non-hydrogen) atoms. The highest BCUT2D eigenvalue weighted by atomic mass is 79.9. The smallest absolute Gasteiger partial charge is 0.224 e. The van der Waals surface area contributed by atoms with Crippen LogP contribution in [0.4, 0.5) is 0 Å². The molecule has 1 nitrogen and oxygen atoms in total. The van der Waals surface area contributed by atoms with Crippen molar-refractivity contribution in [2.24, 2.45) is 0 Å². The zero-order valence-electron chi connectivity index (χ0n) is 11.0. The van der Waals surface area contributed by atoms with E-state index in [1.165, 1.54) is 11.1 Å². The third kappa shape index (κ3) is 3.56. The van der Waals surface area contributed by atoms with E-state index in [-0.39, 0.29) is 17.0 Å². The van der Waals surface area contributed by atoms with Crippen LogP contribution in [0.3, 0.4) is 0 Å². The van der Waals surface area contributed by atoms with E-state index in [1.54, 1.807) is 11.3 Å². The standard InChI is InChI=1S/C17H16NS.BrH/c1-3-7-15(8-4-1)17(13-18-11-12-19-14-18)16-9-5-2-6-10-16;/h1-12,14,17H,13H2;1H/q+1;/p-1. The second-order valence-corrected chi connectivity index (χ2v) is 5.35. The summed E-state index contributed by atoms with van der Waals surface area (Å²) in [5, 5.41) is 2.12. The first-order valence-corrected chi connectivity index (χ1v) is 7.39. The van der Waals surface area contributed by atoms with Crippen molar-refractivity contribution in [2.45, 2.75) is 12.5 Å². The summed E-state index contributed by atoms with van der Waals surface area (Å²) < 4.78 is 2.26. The molecular formula is C17H16BrNS. The first-order valence-electron chi connectivity index (χ1n) is 6.44. The van der Waals surface area contributed by atoms with Crippen molar-refractivity contribution in [1.29, 1.82) is 0 Å². The van der Waals surface area contributed by atoms with Gasteiger partial charge in [0.15, 0.2) is 12.7 Å². The third-order valence-corrected chi connectivity index (χ3v) is 4.00. The van der Waals surface area contributed by atoms with Gasteiger partial charge in [0.2, 0.25) is 5.51 Å². The number of halogens is 1. The zero-order chi connectivity index (χ0) is 12.9. The van der Waals surface area contributed by atoms with Crippen LogP contribution in [0.15, 0.2) is 77.8 Å². The summed E-state index contributed by atoms with van der Waals surface area (Å²) in [4.78, 5) is 0. The topological polar surface area (TPSA) is 3.88 Å². The van der Waals surface area contributed by atoms with Crippen LogP contribution in [-0.4, -0.2) is 0 Å². The average Bonchev–Trinajstić information content (AvgIpc) is 3.00. The van der Waals surface area contributed by atoms with E-state index in [2.05, 4.69) is 82.3 Å². The van der Waals surface area contributed by atoms with Crippen molar-refractivity contribution in [1.82, 2.24) is 0 Å². The maximum Gasteiger partial charge on any atom is 0.224 e. The minimum absolute atomic E-state index is 0. The molecule has 0 N–H and O–H groups in total. The molecule has 0 spiro atoms. The number of thiazole rings is 1. The fourth-order valence-electron chi connectivity index (χ4n) is 2.35. The molecule has 0 unspecified atom stereocenters. The van der Waals surface area contributed by atoms with Crippen molar-refractivity contribution in [3.63, 3.8) is 0 Å². The van der Waals surface area contributed by atoms with Gasteiger partial charge in [-0.25, -0.2) is 0 Å². The Bertz CT molecular complexity index is 569. The maximum absolute atomic E-state index is 2.26. The van der Waals surface area contributed by atoms with Gasteiger partial charge in [0.1, 0.15) is 0 Å². The molecule has 2 aromatic carbocycles. The Kier molecular flexibility index (Phi) is 5.50. The Morgan fingerprint density at radius 1 is 0.850 bits per heavy atom. The maximum atomic E-state index is 2.26. The normalized spacial score (nSPS) is 10.2. The molecule has 0 aliphatic rings. The molecule has 102 valence electrons. The van der Waals surface area contributed by atoms with E-state index in [1.807, 2.05) is 0 Å². The van der Waals surface area contributed by atoms with Crippen LogP contribution in [0.25, 0.3) is 0 Å². The molecule has 0 amide bonds. The number of benzene rings is 2. The zero-order valence-corrected chi connectivity index (χ0v) is 13.4. The first kappa shape index (κ1) is 14.9. The molecule has 1 heterocycles. The second-order valence-electron chi connectivity index (χ2n) is 4.60. The highest BCUT2D eigenvalue weighted by molar-refractivity contribution is 7.07. The third-order valence-electron chi connectivity index (χ3n) is 3.32. The lowest BCUT2D eigenvalue weighted by atomic mass is 9.91. The van der Waals surface area contributed by atoms with Gasteiger partial charge < -0.3 is 17.0 Å². The monoisotopic (exact) mass is 345 g/mol. The highest BCUT2D eigenvalue weighted by Gasteiger charge is 2.18. The van der Waals surface area contributed by atoms with Gasteiger partial charge >= 0.3 is 0 Å². The summed E-state index contributed by atoms with van der Waals surface area (Å²) in [5.41, 5.74) is 4.90. The molecule has 0 bridgehead atoms. The summed E-state index contributed by atoms with van der Waals surface area (Å²) in [6.45, 7) is 0.984. The van der Waals surface area contributed by atoms with Crippen LogP contribution in [0, 0.1) is 0 Å². The number of nitrogens with zero attached hydrogens (tertiary/aromatic N) is 1. The van der Waals surface area contributed by atoms with Crippen LogP contribution in [0.5, 0.6) is 0 Å². The Labute approximate surface area is 134 Å². The molecular weight excluding hydrogens is 330 g/mol. The van der Waals surface area contributed by atoms with E-state index >= 15 is 0 Å². The fraction of sp³-hybridized carbons (Fsp3) is 0.118. The van der Waals surface area contributed by atoms with E-state index in [4.69, 9.17) is 0 Å². The summed E-state index contributed by atoms with van der Waals surface area (Å²) >= 11 is 1.73. The van der Waals surface area contributed by atoms with Gasteiger partial charge in [-0.3, -0.25) is 0 Å². The van der Waals surface area contributed by atoms with Crippen molar-refractivity contribution in [2.75, 3.05) is 0 Å². The Morgan fingerprint density at radius 2 is 1.40 bits per heavy atom. The lowest BCUT2D eigenvalue weighted by Crippen LogP contribution is -3.00. The molecule has 3 rings (SSSR count). The van der Waals surface area contributed by atoms with E-state index < -0.39 is 0 Å². The number of hydrogen-bond acceptors (Lipinski definition) is 1. The quantitative estimate of drug-likeness (QED) is 0.618. The summed E-state index contributed by atoms with van der Waals surface area (Å²) in [6, 6.07) is 21.5. The lowest BCUT2D eigenvalue weighted by Gasteiger charge is -2.14. The van der Waals surface area contributed by atoms with E-state index in [9.17, 15) is 0 Å². The Morgan fingerprint density at radius 3 is 1.85 bits per heavy atom. The molecule has 0 saturated carbocycles. The van der Waals surface area contributed by atoms with Crippen molar-refractivity contribution in [3.05, 3.63) is 88.9 Å². The van der Waals surface area contributed by atoms with E-state index in [0.717, 1.165) is 6.54 Å². The lowest BCUT2D eigenvalue weighted by molar-refractivity contribution is -0.693. The predicted molar refractivity (Wildman–Crippen MR) is 79.2 cm³/mol. The average molecular weight is 346 g/mol. The van der Waals surface area contributed by atoms with Gasteiger partial charge in [-0.1, -0.05) is 72.0 Å². The predicted octanol–water partition coefficient (Wildman–Crippen LogP) is 0.872. The van der Waals surface area contributed by atoms with Gasteiger partial charge in [-0.05, 0) is 11.1 Å². The van der Waals surface area contributed by atoms with Gasteiger partial charge in [-0.2, -0.15) is 4.57 Å². The minimum Gasteiger partial charge on any atom is -1.00 e. The molecule has 0 fully saturated rings. The summed E-state index contributed by atoms with van der Waals surface area (Å²) in [7, 11) is 0. The van der Waals surface area contributed by atoms with Gasteiger partial charge in [0.05, 0.1) is 11.3 Å². The fourth-order valence-corrected chi connectivity index (χ4v) is 2.96. The van der Waals surface area contributed by atoms with Crippen LogP contribution in [0.2, 0.25) is 0 Å². The molecule has 0 atom stereocenters. The van der Waals surface area contributed by atoms with Gasteiger partial charge in [0, 0.05) is 0 Å². The molecule has 3 aromatic rings. The van der Waals surface area contributed by atoms with Crippen LogP contribution < -0.4 is 21.5 Å². The van der Waals surface area contributed by atoms with E-state index in [0.29, 0.717) is 5.92 Å².